The molecule has 6 nitrogen and oxygen atoms in total. The van der Waals surface area contributed by atoms with Crippen molar-refractivity contribution in [1.29, 1.82) is 0 Å². The summed E-state index contributed by atoms with van der Waals surface area (Å²) >= 11 is 0. The molecule has 6 heteroatoms. The molecule has 1 aromatic carbocycles. The zero-order chi connectivity index (χ0) is 15.3. The molecule has 2 amide bonds. The Morgan fingerprint density at radius 3 is 2.30 bits per heavy atom. The number of likely N-dealkylation sites (N-methyl/N-ethyl adjacent to an activating group) is 1. The summed E-state index contributed by atoms with van der Waals surface area (Å²) in [5, 5.41) is 20.9. The second-order valence-corrected chi connectivity index (χ2v) is 5.16. The van der Waals surface area contributed by atoms with Crippen LogP contribution in [-0.4, -0.2) is 46.3 Å². The molecular weight excluding hydrogens is 260 g/mol. The largest absolute Gasteiger partial charge is 0.479 e. The zero-order valence-corrected chi connectivity index (χ0v) is 11.8. The molecule has 0 saturated carbocycles. The molecule has 1 rings (SSSR count). The van der Waals surface area contributed by atoms with Crippen LogP contribution in [0.3, 0.4) is 0 Å². The summed E-state index contributed by atoms with van der Waals surface area (Å²) in [4.78, 5) is 24.7. The predicted octanol–water partition coefficient (Wildman–Crippen LogP) is 1.22. The molecule has 0 aromatic heterocycles. The average Bonchev–Trinajstić information content (AvgIpc) is 2.44. The predicted molar refractivity (Wildman–Crippen MR) is 74.3 cm³/mol. The van der Waals surface area contributed by atoms with E-state index in [-0.39, 0.29) is 6.61 Å². The van der Waals surface area contributed by atoms with Gasteiger partial charge < -0.3 is 20.4 Å². The van der Waals surface area contributed by atoms with Crippen molar-refractivity contribution in [2.75, 3.05) is 13.7 Å². The maximum absolute atomic E-state index is 12.1. The first-order chi connectivity index (χ1) is 9.29. The Kier molecular flexibility index (Phi) is 5.10. The van der Waals surface area contributed by atoms with Gasteiger partial charge in [0.15, 0.2) is 6.04 Å². The molecular formula is C14H20N2O4. The summed E-state index contributed by atoms with van der Waals surface area (Å²) in [6.45, 7) is 3.15. The molecule has 110 valence electrons. The summed E-state index contributed by atoms with van der Waals surface area (Å²) in [6, 6.07) is 6.77. The molecule has 0 bridgehead atoms. The second-order valence-electron chi connectivity index (χ2n) is 5.16. The van der Waals surface area contributed by atoms with Crippen molar-refractivity contribution in [3.8, 4) is 0 Å². The normalized spacial score (nSPS) is 12.6. The van der Waals surface area contributed by atoms with E-state index in [4.69, 9.17) is 0 Å². The molecule has 1 aromatic rings. The van der Waals surface area contributed by atoms with Gasteiger partial charge in [-0.25, -0.2) is 9.59 Å². The van der Waals surface area contributed by atoms with Gasteiger partial charge in [-0.3, -0.25) is 0 Å². The lowest BCUT2D eigenvalue weighted by Crippen LogP contribution is -2.53. The van der Waals surface area contributed by atoms with Gasteiger partial charge in [-0.2, -0.15) is 0 Å². The highest BCUT2D eigenvalue weighted by molar-refractivity contribution is 5.83. The minimum Gasteiger partial charge on any atom is -0.479 e. The van der Waals surface area contributed by atoms with Crippen molar-refractivity contribution in [2.24, 2.45) is 0 Å². The first kappa shape index (κ1) is 16.0. The van der Waals surface area contributed by atoms with Crippen molar-refractivity contribution in [3.63, 3.8) is 0 Å². The Labute approximate surface area is 118 Å². The number of urea groups is 1. The van der Waals surface area contributed by atoms with E-state index in [2.05, 4.69) is 5.32 Å². The number of hydrogen-bond acceptors (Lipinski definition) is 3. The Morgan fingerprint density at radius 1 is 1.30 bits per heavy atom. The molecule has 0 heterocycles. The topological polar surface area (TPSA) is 89.9 Å². The quantitative estimate of drug-likeness (QED) is 0.756. The number of carbonyl (C=O) groups is 2. The van der Waals surface area contributed by atoms with E-state index < -0.39 is 23.6 Å². The summed E-state index contributed by atoms with van der Waals surface area (Å²) < 4.78 is 0. The number of aliphatic hydroxyl groups is 1. The summed E-state index contributed by atoms with van der Waals surface area (Å²) in [6.07, 6.45) is 0. The lowest BCUT2D eigenvalue weighted by molar-refractivity contribution is -0.139. The lowest BCUT2D eigenvalue weighted by atomic mass is 10.1. The van der Waals surface area contributed by atoms with Crippen LogP contribution >= 0.6 is 0 Å². The summed E-state index contributed by atoms with van der Waals surface area (Å²) in [7, 11) is 1.51. The number of aliphatic carboxylic acids is 1. The number of nitrogens with zero attached hydrogens (tertiary/aromatic N) is 1. The number of amides is 2. The van der Waals surface area contributed by atoms with Crippen LogP contribution in [0.1, 0.15) is 25.5 Å². The first-order valence-corrected chi connectivity index (χ1v) is 6.22. The van der Waals surface area contributed by atoms with Crippen molar-refractivity contribution in [2.45, 2.75) is 25.4 Å². The van der Waals surface area contributed by atoms with Gasteiger partial charge in [0, 0.05) is 7.05 Å². The third kappa shape index (κ3) is 3.71. The van der Waals surface area contributed by atoms with E-state index in [0.29, 0.717) is 5.56 Å². The van der Waals surface area contributed by atoms with Crippen LogP contribution in [0.15, 0.2) is 30.3 Å². The minimum atomic E-state index is -1.14. The van der Waals surface area contributed by atoms with Gasteiger partial charge in [-0.05, 0) is 19.4 Å². The van der Waals surface area contributed by atoms with Gasteiger partial charge in [-0.1, -0.05) is 30.3 Å². The second kappa shape index (κ2) is 6.38. The Hall–Kier alpha value is -2.08. The van der Waals surface area contributed by atoms with Crippen LogP contribution in [0.25, 0.3) is 0 Å². The number of benzene rings is 1. The standard InChI is InChI=1S/C14H20N2O4/c1-14(2,9-17)16(3)13(20)15-11(12(18)19)10-7-5-4-6-8-10/h4-8,11,17H,9H2,1-3H3,(H,15,20)(H,18,19)/t11-/m1/s1. The summed E-state index contributed by atoms with van der Waals surface area (Å²) in [5.74, 6) is -1.14. The number of nitrogens with one attached hydrogen (secondary N) is 1. The number of carbonyl (C=O) groups excluding carboxylic acids is 1. The molecule has 3 N–H and O–H groups in total. The highest BCUT2D eigenvalue weighted by Gasteiger charge is 2.30. The maximum atomic E-state index is 12.1. The molecule has 0 spiro atoms. The molecule has 0 unspecified atom stereocenters. The van der Waals surface area contributed by atoms with Crippen LogP contribution < -0.4 is 5.32 Å². The maximum Gasteiger partial charge on any atom is 0.330 e. The fraction of sp³-hybridized carbons (Fsp3) is 0.429. The smallest absolute Gasteiger partial charge is 0.330 e. The molecule has 0 fully saturated rings. The monoisotopic (exact) mass is 280 g/mol. The molecule has 0 radical (unpaired) electrons. The highest BCUT2D eigenvalue weighted by atomic mass is 16.4. The van der Waals surface area contributed by atoms with Crippen molar-refractivity contribution in [3.05, 3.63) is 35.9 Å². The third-order valence-electron chi connectivity index (χ3n) is 3.25. The summed E-state index contributed by atoms with van der Waals surface area (Å²) in [5.41, 5.74) is -0.285. The fourth-order valence-electron chi connectivity index (χ4n) is 1.53. The van der Waals surface area contributed by atoms with Crippen molar-refractivity contribution >= 4 is 12.0 Å². The number of rotatable bonds is 5. The minimum absolute atomic E-state index is 0.222. The van der Waals surface area contributed by atoms with E-state index in [1.165, 1.54) is 11.9 Å². The highest BCUT2D eigenvalue weighted by Crippen LogP contribution is 2.16. The third-order valence-corrected chi connectivity index (χ3v) is 3.25. The Balaban J connectivity index is 2.88. The van der Waals surface area contributed by atoms with E-state index >= 15 is 0 Å². The number of hydrogen-bond donors (Lipinski definition) is 3. The van der Waals surface area contributed by atoms with E-state index in [0.717, 1.165) is 0 Å². The van der Waals surface area contributed by atoms with Gasteiger partial charge in [0.05, 0.1) is 12.1 Å². The van der Waals surface area contributed by atoms with Gasteiger partial charge in [0.2, 0.25) is 0 Å². The molecule has 1 atom stereocenters. The van der Waals surface area contributed by atoms with Gasteiger partial charge in [0.25, 0.3) is 0 Å². The van der Waals surface area contributed by atoms with E-state index in [9.17, 15) is 19.8 Å². The average molecular weight is 280 g/mol. The van der Waals surface area contributed by atoms with Crippen molar-refractivity contribution in [1.82, 2.24) is 10.2 Å². The van der Waals surface area contributed by atoms with Crippen LogP contribution in [0.4, 0.5) is 4.79 Å². The molecule has 0 aliphatic carbocycles. The number of aliphatic hydroxyl groups excluding tert-OH is 1. The molecule has 0 aliphatic heterocycles. The van der Waals surface area contributed by atoms with E-state index in [1.807, 2.05) is 0 Å². The Morgan fingerprint density at radius 2 is 1.85 bits per heavy atom. The van der Waals surface area contributed by atoms with Crippen LogP contribution in [0.2, 0.25) is 0 Å². The fourth-order valence-corrected chi connectivity index (χ4v) is 1.53. The molecule has 0 saturated heterocycles. The van der Waals surface area contributed by atoms with Gasteiger partial charge in [-0.15, -0.1) is 0 Å². The molecule has 20 heavy (non-hydrogen) atoms. The lowest BCUT2D eigenvalue weighted by Gasteiger charge is -2.34. The van der Waals surface area contributed by atoms with Crippen molar-refractivity contribution < 1.29 is 19.8 Å². The van der Waals surface area contributed by atoms with E-state index in [1.54, 1.807) is 44.2 Å². The van der Waals surface area contributed by atoms with Gasteiger partial charge >= 0.3 is 12.0 Å². The SMILES string of the molecule is CN(C(=O)N[C@@H](C(=O)O)c1ccccc1)C(C)(C)CO. The van der Waals surface area contributed by atoms with Crippen LogP contribution in [0.5, 0.6) is 0 Å². The van der Waals surface area contributed by atoms with Crippen LogP contribution in [0, 0.1) is 0 Å². The molecule has 0 aliphatic rings. The number of carboxylic acid groups (broad SMARTS) is 1. The first-order valence-electron chi connectivity index (χ1n) is 6.22. The Bertz CT molecular complexity index is 473. The number of carboxylic acids is 1. The van der Waals surface area contributed by atoms with Gasteiger partial charge in [0.1, 0.15) is 0 Å². The van der Waals surface area contributed by atoms with Crippen LogP contribution in [-0.2, 0) is 4.79 Å². The zero-order valence-electron chi connectivity index (χ0n) is 11.8.